The molecule has 0 radical (unpaired) electrons. The van der Waals surface area contributed by atoms with Crippen LogP contribution in [0.5, 0.6) is 0 Å². The Labute approximate surface area is 101 Å². The Kier molecular flexibility index (Phi) is 3.47. The number of carbonyl (C=O) groups excluding carboxylic acids is 1. The highest BCUT2D eigenvalue weighted by molar-refractivity contribution is 5.79. The molecule has 5 heteroatoms. The Bertz CT molecular complexity index is 394. The molecule has 0 bridgehead atoms. The molecule has 0 aromatic carbocycles. The van der Waals surface area contributed by atoms with Crippen molar-refractivity contribution in [3.05, 3.63) is 17.0 Å². The summed E-state index contributed by atoms with van der Waals surface area (Å²) in [6.45, 7) is 5.44. The molecule has 1 aliphatic heterocycles. The van der Waals surface area contributed by atoms with Crippen LogP contribution < -0.4 is 5.73 Å². The van der Waals surface area contributed by atoms with Crippen LogP contribution in [0.3, 0.4) is 0 Å². The number of likely N-dealkylation sites (tertiary alicyclic amines) is 1. The van der Waals surface area contributed by atoms with Gasteiger partial charge in [0.05, 0.1) is 11.7 Å². The number of rotatable bonds is 3. The molecule has 2 rings (SSSR count). The van der Waals surface area contributed by atoms with E-state index in [9.17, 15) is 4.79 Å². The molecule has 1 fully saturated rings. The average Bonchev–Trinajstić information content (AvgIpc) is 2.61. The summed E-state index contributed by atoms with van der Waals surface area (Å²) in [7, 11) is 0. The first-order chi connectivity index (χ1) is 8.09. The zero-order chi connectivity index (χ0) is 12.4. The lowest BCUT2D eigenvalue weighted by atomic mass is 10.0. The molecule has 0 spiro atoms. The maximum atomic E-state index is 11.4. The van der Waals surface area contributed by atoms with Crippen LogP contribution in [-0.4, -0.2) is 28.6 Å². The fourth-order valence-electron chi connectivity index (χ4n) is 2.43. The second kappa shape index (κ2) is 4.87. The fraction of sp³-hybridized carbons (Fsp3) is 0.667. The maximum Gasteiger partial charge on any atom is 0.234 e. The molecule has 2 heterocycles. The molecule has 17 heavy (non-hydrogen) atoms. The first-order valence-corrected chi connectivity index (χ1v) is 6.04. The lowest BCUT2D eigenvalue weighted by Crippen LogP contribution is -2.47. The summed E-state index contributed by atoms with van der Waals surface area (Å²) >= 11 is 0. The van der Waals surface area contributed by atoms with Crippen molar-refractivity contribution in [2.24, 2.45) is 5.73 Å². The van der Waals surface area contributed by atoms with Gasteiger partial charge in [-0.2, -0.15) is 0 Å². The van der Waals surface area contributed by atoms with Gasteiger partial charge in [0.25, 0.3) is 0 Å². The normalized spacial score (nSPS) is 21.6. The van der Waals surface area contributed by atoms with Gasteiger partial charge in [0.1, 0.15) is 5.76 Å². The molecule has 1 aromatic heterocycles. The standard InChI is InChI=1S/C12H19N3O2/c1-8-10(9(2)17-14-8)7-15-6-4-3-5-11(15)12(13)16/h11H,3-7H2,1-2H3,(H2,13,16)/t11-/m0/s1. The van der Waals surface area contributed by atoms with Gasteiger partial charge in [-0.1, -0.05) is 11.6 Å². The van der Waals surface area contributed by atoms with Gasteiger partial charge in [-0.25, -0.2) is 0 Å². The number of hydrogen-bond acceptors (Lipinski definition) is 4. The second-order valence-corrected chi connectivity index (χ2v) is 4.69. The van der Waals surface area contributed by atoms with E-state index >= 15 is 0 Å². The minimum absolute atomic E-state index is 0.141. The fourth-order valence-corrected chi connectivity index (χ4v) is 2.43. The van der Waals surface area contributed by atoms with Crippen molar-refractivity contribution < 1.29 is 9.32 Å². The highest BCUT2D eigenvalue weighted by Crippen LogP contribution is 2.22. The number of amides is 1. The number of nitrogens with zero attached hydrogens (tertiary/aromatic N) is 2. The molecule has 5 nitrogen and oxygen atoms in total. The largest absolute Gasteiger partial charge is 0.368 e. The van der Waals surface area contributed by atoms with E-state index in [0.29, 0.717) is 6.54 Å². The van der Waals surface area contributed by atoms with Crippen LogP contribution in [0.25, 0.3) is 0 Å². The van der Waals surface area contributed by atoms with Crippen molar-refractivity contribution in [1.29, 1.82) is 0 Å². The number of hydrogen-bond donors (Lipinski definition) is 1. The van der Waals surface area contributed by atoms with Gasteiger partial charge >= 0.3 is 0 Å². The number of aryl methyl sites for hydroxylation is 2. The van der Waals surface area contributed by atoms with Crippen LogP contribution in [0.2, 0.25) is 0 Å². The molecule has 2 N–H and O–H groups in total. The van der Waals surface area contributed by atoms with Crippen molar-refractivity contribution >= 4 is 5.91 Å². The topological polar surface area (TPSA) is 72.4 Å². The summed E-state index contributed by atoms with van der Waals surface area (Å²) in [5.74, 6) is 0.604. The van der Waals surface area contributed by atoms with E-state index in [1.165, 1.54) is 0 Å². The zero-order valence-corrected chi connectivity index (χ0v) is 10.4. The quantitative estimate of drug-likeness (QED) is 0.855. The third kappa shape index (κ3) is 2.49. The maximum absolute atomic E-state index is 11.4. The van der Waals surface area contributed by atoms with Crippen LogP contribution in [0, 0.1) is 13.8 Å². The third-order valence-electron chi connectivity index (χ3n) is 3.48. The second-order valence-electron chi connectivity index (χ2n) is 4.69. The molecule has 1 aromatic rings. The number of aromatic nitrogens is 1. The van der Waals surface area contributed by atoms with E-state index in [4.69, 9.17) is 10.3 Å². The molecule has 1 atom stereocenters. The average molecular weight is 237 g/mol. The minimum atomic E-state index is -0.225. The van der Waals surface area contributed by atoms with Crippen molar-refractivity contribution in [3.63, 3.8) is 0 Å². The van der Waals surface area contributed by atoms with Crippen LogP contribution >= 0.6 is 0 Å². The Hall–Kier alpha value is -1.36. The van der Waals surface area contributed by atoms with Crippen LogP contribution in [-0.2, 0) is 11.3 Å². The van der Waals surface area contributed by atoms with E-state index in [1.807, 2.05) is 13.8 Å². The zero-order valence-electron chi connectivity index (χ0n) is 10.4. The van der Waals surface area contributed by atoms with Crippen LogP contribution in [0.15, 0.2) is 4.52 Å². The summed E-state index contributed by atoms with van der Waals surface area (Å²) in [6, 6.07) is -0.141. The molecule has 1 amide bonds. The Morgan fingerprint density at radius 3 is 2.88 bits per heavy atom. The van der Waals surface area contributed by atoms with E-state index < -0.39 is 0 Å². The molecular formula is C12H19N3O2. The monoisotopic (exact) mass is 237 g/mol. The Balaban J connectivity index is 2.13. The van der Waals surface area contributed by atoms with Crippen molar-refractivity contribution in [2.75, 3.05) is 6.54 Å². The van der Waals surface area contributed by atoms with Crippen molar-refractivity contribution in [3.8, 4) is 0 Å². The van der Waals surface area contributed by atoms with Gasteiger partial charge in [0, 0.05) is 12.1 Å². The highest BCUT2D eigenvalue weighted by Gasteiger charge is 2.28. The SMILES string of the molecule is Cc1noc(C)c1CN1CCCC[C@H]1C(N)=O. The number of carbonyl (C=O) groups is 1. The molecular weight excluding hydrogens is 218 g/mol. The van der Waals surface area contributed by atoms with Gasteiger partial charge in [-0.05, 0) is 33.2 Å². The third-order valence-corrected chi connectivity index (χ3v) is 3.48. The molecule has 94 valence electrons. The Morgan fingerprint density at radius 1 is 1.53 bits per heavy atom. The molecule has 0 saturated carbocycles. The Morgan fingerprint density at radius 2 is 2.29 bits per heavy atom. The summed E-state index contributed by atoms with van der Waals surface area (Å²) in [4.78, 5) is 13.5. The number of nitrogens with two attached hydrogens (primary N) is 1. The van der Waals surface area contributed by atoms with Crippen LogP contribution in [0.1, 0.15) is 36.3 Å². The smallest absolute Gasteiger partial charge is 0.234 e. The van der Waals surface area contributed by atoms with Crippen molar-refractivity contribution in [1.82, 2.24) is 10.1 Å². The number of primary amides is 1. The molecule has 0 unspecified atom stereocenters. The van der Waals surface area contributed by atoms with Gasteiger partial charge < -0.3 is 10.3 Å². The van der Waals surface area contributed by atoms with E-state index in [1.54, 1.807) is 0 Å². The van der Waals surface area contributed by atoms with E-state index in [2.05, 4.69) is 10.1 Å². The van der Waals surface area contributed by atoms with Gasteiger partial charge in [0.2, 0.25) is 5.91 Å². The number of piperidine rings is 1. The highest BCUT2D eigenvalue weighted by atomic mass is 16.5. The minimum Gasteiger partial charge on any atom is -0.368 e. The first kappa shape index (κ1) is 12.1. The summed E-state index contributed by atoms with van der Waals surface area (Å²) < 4.78 is 5.14. The predicted molar refractivity (Wildman–Crippen MR) is 63.2 cm³/mol. The van der Waals surface area contributed by atoms with E-state index in [-0.39, 0.29) is 11.9 Å². The lowest BCUT2D eigenvalue weighted by molar-refractivity contribution is -0.124. The molecule has 1 saturated heterocycles. The summed E-state index contributed by atoms with van der Waals surface area (Å²) in [5, 5.41) is 3.93. The van der Waals surface area contributed by atoms with Crippen LogP contribution in [0.4, 0.5) is 0 Å². The van der Waals surface area contributed by atoms with Crippen molar-refractivity contribution in [2.45, 2.75) is 45.7 Å². The molecule has 0 aliphatic carbocycles. The first-order valence-electron chi connectivity index (χ1n) is 6.04. The van der Waals surface area contributed by atoms with Gasteiger partial charge in [-0.15, -0.1) is 0 Å². The van der Waals surface area contributed by atoms with E-state index in [0.717, 1.165) is 42.8 Å². The lowest BCUT2D eigenvalue weighted by Gasteiger charge is -2.33. The van der Waals surface area contributed by atoms with Gasteiger partial charge in [-0.3, -0.25) is 9.69 Å². The predicted octanol–water partition coefficient (Wildman–Crippen LogP) is 1.13. The summed E-state index contributed by atoms with van der Waals surface area (Å²) in [5.41, 5.74) is 7.42. The van der Waals surface area contributed by atoms with Gasteiger partial charge in [0.15, 0.2) is 0 Å². The molecule has 1 aliphatic rings. The summed E-state index contributed by atoms with van der Waals surface area (Å²) in [6.07, 6.45) is 3.05.